The second kappa shape index (κ2) is 25.5. The van der Waals surface area contributed by atoms with Gasteiger partial charge in [-0.15, -0.1) is 0 Å². The zero-order valence-corrected chi connectivity index (χ0v) is 42.4. The van der Waals surface area contributed by atoms with Crippen LogP contribution in [0.25, 0.3) is 0 Å². The molecule has 0 aromatic heterocycles. The number of hydrogen-bond acceptors (Lipinski definition) is 14. The average Bonchev–Trinajstić information content (AvgIpc) is 3.16. The molecule has 0 aliphatic carbocycles. The second-order valence-electron chi connectivity index (χ2n) is 13.2. The lowest BCUT2D eigenvalue weighted by molar-refractivity contribution is -0.117. The quantitative estimate of drug-likeness (QED) is 0.0589. The maximum absolute atomic E-state index is 13.7. The number of carbonyl (C=O) groups is 6. The fraction of sp³-hybridized carbons (Fsp3) is 0.514. The lowest BCUT2D eigenvalue weighted by Crippen LogP contribution is -2.45. The Balaban J connectivity index is 2.77. The molecule has 0 radical (unpaired) electrons. The van der Waals surface area contributed by atoms with Crippen molar-refractivity contribution < 1.29 is 69.2 Å². The predicted molar refractivity (Wildman–Crippen MR) is 255 cm³/mol. The molecule has 0 bridgehead atoms. The average molecular weight is 1380 g/mol. The van der Waals surface area contributed by atoms with Crippen molar-refractivity contribution in [2.45, 2.75) is 76.8 Å². The largest absolute Gasteiger partial charge is 0.394 e. The molecule has 2 aromatic carbocycles. The maximum Gasteiger partial charge on any atom is 0.224 e. The predicted octanol–water partition coefficient (Wildman–Crippen LogP) is 3.25. The van der Waals surface area contributed by atoms with Crippen LogP contribution in [0, 0.1) is 17.9 Å². The van der Waals surface area contributed by atoms with Crippen LogP contribution >= 0.6 is 113 Å². The van der Waals surface area contributed by atoms with E-state index in [0.29, 0.717) is 0 Å². The first kappa shape index (κ1) is 53.5. The summed E-state index contributed by atoms with van der Waals surface area (Å²) in [5, 5.41) is 69.3. The van der Waals surface area contributed by atoms with Crippen LogP contribution in [-0.2, 0) is 14.3 Å². The molecular formula is C37H45I5N2O14. The van der Waals surface area contributed by atoms with E-state index < -0.39 is 92.3 Å². The van der Waals surface area contributed by atoms with Gasteiger partial charge >= 0.3 is 0 Å². The summed E-state index contributed by atoms with van der Waals surface area (Å²) in [7, 11) is 1.32. The van der Waals surface area contributed by atoms with E-state index in [4.69, 9.17) is 4.74 Å². The van der Waals surface area contributed by atoms with Crippen LogP contribution in [0.5, 0.6) is 0 Å². The Morgan fingerprint density at radius 1 is 0.569 bits per heavy atom. The number of carbonyl (C=O) groups excluding carboxylic acids is 6. The highest BCUT2D eigenvalue weighted by Crippen LogP contribution is 2.40. The first-order valence-corrected chi connectivity index (χ1v) is 23.0. The van der Waals surface area contributed by atoms with Crippen molar-refractivity contribution in [3.63, 3.8) is 0 Å². The van der Waals surface area contributed by atoms with E-state index in [1.807, 2.05) is 113 Å². The molecule has 322 valence electrons. The van der Waals surface area contributed by atoms with Crippen molar-refractivity contribution in [3.8, 4) is 0 Å². The highest BCUT2D eigenvalue weighted by atomic mass is 127. The number of rotatable bonds is 24. The zero-order valence-electron chi connectivity index (χ0n) is 31.6. The van der Waals surface area contributed by atoms with Crippen molar-refractivity contribution in [2.75, 3.05) is 56.4 Å². The van der Waals surface area contributed by atoms with E-state index in [0.717, 1.165) is 9.80 Å². The normalized spacial score (nSPS) is 13.4. The summed E-state index contributed by atoms with van der Waals surface area (Å²) in [5.41, 5.74) is 0.472. The third-order valence-electron chi connectivity index (χ3n) is 8.74. The van der Waals surface area contributed by atoms with Gasteiger partial charge in [0, 0.05) is 80.3 Å². The van der Waals surface area contributed by atoms with E-state index in [1.165, 1.54) is 27.0 Å². The number of ether oxygens (including phenoxy) is 1. The Morgan fingerprint density at radius 2 is 0.966 bits per heavy atom. The van der Waals surface area contributed by atoms with Crippen molar-refractivity contribution in [3.05, 3.63) is 46.2 Å². The number of amides is 2. The molecule has 0 heterocycles. The number of aliphatic hydroxyl groups is 7. The molecular weight excluding hydrogens is 1330 g/mol. The third kappa shape index (κ3) is 14.2. The molecule has 0 saturated carbocycles. The van der Waals surface area contributed by atoms with Crippen molar-refractivity contribution in [1.29, 1.82) is 0 Å². The molecule has 58 heavy (non-hydrogen) atoms. The Morgan fingerprint density at radius 3 is 1.36 bits per heavy atom. The summed E-state index contributed by atoms with van der Waals surface area (Å²) in [6, 6.07) is 1.40. The lowest BCUT2D eigenvalue weighted by atomic mass is 9.97. The smallest absolute Gasteiger partial charge is 0.224 e. The van der Waals surface area contributed by atoms with E-state index in [2.05, 4.69) is 0 Å². The van der Waals surface area contributed by atoms with Gasteiger partial charge in [0.2, 0.25) is 11.8 Å². The fourth-order valence-electron chi connectivity index (χ4n) is 5.65. The summed E-state index contributed by atoms with van der Waals surface area (Å²) < 4.78 is 6.35. The van der Waals surface area contributed by atoms with Crippen LogP contribution in [0.4, 0.5) is 11.4 Å². The second-order valence-corrected chi connectivity index (χ2v) is 18.5. The minimum atomic E-state index is -1.51. The lowest BCUT2D eigenvalue weighted by Gasteiger charge is -2.32. The van der Waals surface area contributed by atoms with Crippen LogP contribution in [-0.4, -0.2) is 142 Å². The van der Waals surface area contributed by atoms with Crippen LogP contribution in [0.3, 0.4) is 0 Å². The third-order valence-corrected chi connectivity index (χ3v) is 14.1. The number of ketones is 4. The standard InChI is InChI=1S/C37H45I5N2O14/c1-17(48)43(24-10-23(25(54)7-4-19(50)13-45)32(38)31(33(24)39)28(57)16-58-3)11-22(53)12-44(18(2)49)37-35(41)29(26(55)8-5-20(51)14-46)34(40)30(36(37)42)27(56)9-6-21(52)15-47/h10,19-22,45-47,50-53H,4-9,11-16H2,1-3H3. The number of hydrogen-bond donors (Lipinski definition) is 7. The summed E-state index contributed by atoms with van der Waals surface area (Å²) in [5.74, 6) is -3.19. The van der Waals surface area contributed by atoms with Gasteiger partial charge < -0.3 is 50.3 Å². The van der Waals surface area contributed by atoms with E-state index in [1.54, 1.807) is 0 Å². The molecule has 7 N–H and O–H groups in total. The summed E-state index contributed by atoms with van der Waals surface area (Å²) in [6.07, 6.45) is -5.96. The first-order valence-electron chi connectivity index (χ1n) is 17.6. The van der Waals surface area contributed by atoms with Gasteiger partial charge in [-0.3, -0.25) is 28.8 Å². The molecule has 0 aliphatic heterocycles. The zero-order chi connectivity index (χ0) is 44.2. The Bertz CT molecular complexity index is 1810. The summed E-state index contributed by atoms with van der Waals surface area (Å²) >= 11 is 9.30. The number of benzene rings is 2. The number of anilines is 2. The van der Waals surface area contributed by atoms with E-state index >= 15 is 0 Å². The van der Waals surface area contributed by atoms with Gasteiger partial charge in [0.15, 0.2) is 23.1 Å². The minimum Gasteiger partial charge on any atom is -0.394 e. The molecule has 0 aliphatic rings. The molecule has 0 fully saturated rings. The molecule has 16 nitrogen and oxygen atoms in total. The van der Waals surface area contributed by atoms with E-state index in [-0.39, 0.29) is 96.6 Å². The highest BCUT2D eigenvalue weighted by Gasteiger charge is 2.34. The van der Waals surface area contributed by atoms with Gasteiger partial charge in [0.05, 0.1) is 68.7 Å². The van der Waals surface area contributed by atoms with Crippen LogP contribution in [0.2, 0.25) is 0 Å². The molecule has 21 heteroatoms. The van der Waals surface area contributed by atoms with Crippen LogP contribution < -0.4 is 9.80 Å². The van der Waals surface area contributed by atoms with Crippen LogP contribution in [0.15, 0.2) is 6.07 Å². The Hall–Kier alpha value is -0.610. The number of Topliss-reactive ketones (excluding diaryl/α,β-unsaturated/α-hetero) is 4. The molecule has 2 aromatic rings. The molecule has 4 atom stereocenters. The van der Waals surface area contributed by atoms with Crippen molar-refractivity contribution in [1.82, 2.24) is 0 Å². The monoisotopic (exact) mass is 1380 g/mol. The molecule has 2 rings (SSSR count). The summed E-state index contributed by atoms with van der Waals surface area (Å²) in [6.45, 7) is -0.593. The van der Waals surface area contributed by atoms with Crippen molar-refractivity contribution in [2.24, 2.45) is 0 Å². The van der Waals surface area contributed by atoms with Crippen molar-refractivity contribution >= 4 is 159 Å². The SMILES string of the molecule is COCC(=O)c1c(I)c(C(=O)CCC(O)CO)cc(N(CC(O)CN(C(C)=O)c2c(I)c(C(=O)CCC(O)CO)c(I)c(C(=O)CCC(O)CO)c2I)C(C)=O)c1I. The Labute approximate surface area is 403 Å². The van der Waals surface area contributed by atoms with Gasteiger partial charge in [-0.2, -0.15) is 0 Å². The highest BCUT2D eigenvalue weighted by molar-refractivity contribution is 14.1. The Kier molecular flexibility index (Phi) is 23.5. The summed E-state index contributed by atoms with van der Waals surface area (Å²) in [4.78, 5) is 83.3. The molecule has 2 amide bonds. The van der Waals surface area contributed by atoms with E-state index in [9.17, 15) is 64.5 Å². The number of nitrogens with zero attached hydrogens (tertiary/aromatic N) is 2. The van der Waals surface area contributed by atoms with Gasteiger partial charge in [-0.25, -0.2) is 0 Å². The fourth-order valence-corrected chi connectivity index (χ4v) is 13.2. The molecule has 0 spiro atoms. The number of methoxy groups -OCH3 is 1. The van der Waals surface area contributed by atoms with Gasteiger partial charge in [-0.1, -0.05) is 0 Å². The number of aliphatic hydroxyl groups excluding tert-OH is 7. The van der Waals surface area contributed by atoms with Crippen LogP contribution in [0.1, 0.15) is 93.8 Å². The minimum absolute atomic E-state index is 0.0575. The topological polar surface area (TPSA) is 260 Å². The molecule has 0 saturated heterocycles. The number of halogens is 5. The molecule has 4 unspecified atom stereocenters. The van der Waals surface area contributed by atoms with Gasteiger partial charge in [-0.05, 0) is 138 Å². The maximum atomic E-state index is 13.7. The van der Waals surface area contributed by atoms with Gasteiger partial charge in [0.1, 0.15) is 6.61 Å². The van der Waals surface area contributed by atoms with Gasteiger partial charge in [0.25, 0.3) is 0 Å². The first-order chi connectivity index (χ1) is 27.2.